The Labute approximate surface area is 179 Å². The molecule has 0 heterocycles. The normalized spacial score (nSPS) is 13.3. The minimum absolute atomic E-state index is 0.104. The van der Waals surface area contributed by atoms with Crippen molar-refractivity contribution in [1.29, 1.82) is 0 Å². The Hall–Kier alpha value is -3.17. The summed E-state index contributed by atoms with van der Waals surface area (Å²) < 4.78 is 5.02. The smallest absolute Gasteiger partial charge is 0.307 e. The molecule has 3 nitrogen and oxygen atoms in total. The summed E-state index contributed by atoms with van der Waals surface area (Å²) in [5, 5.41) is 0. The summed E-state index contributed by atoms with van der Waals surface area (Å²) in [4.78, 5) is 14.6. The van der Waals surface area contributed by atoms with Gasteiger partial charge in [0.1, 0.15) is 0 Å². The molecule has 2 atom stereocenters. The zero-order valence-electron chi connectivity index (χ0n) is 17.6. The summed E-state index contributed by atoms with van der Waals surface area (Å²) in [6, 6.07) is 31.0. The Kier molecular flexibility index (Phi) is 7.99. The lowest BCUT2D eigenvalue weighted by Crippen LogP contribution is -2.37. The van der Waals surface area contributed by atoms with Gasteiger partial charge in [-0.25, -0.2) is 0 Å². The van der Waals surface area contributed by atoms with Gasteiger partial charge in [-0.2, -0.15) is 0 Å². The third-order valence-electron chi connectivity index (χ3n) is 5.33. The van der Waals surface area contributed by atoms with E-state index in [0.29, 0.717) is 6.42 Å². The first-order valence-electron chi connectivity index (χ1n) is 10.3. The van der Waals surface area contributed by atoms with Crippen LogP contribution in [0.4, 0.5) is 0 Å². The predicted molar refractivity (Wildman–Crippen MR) is 123 cm³/mol. The van der Waals surface area contributed by atoms with Gasteiger partial charge in [-0.1, -0.05) is 103 Å². The predicted octanol–water partition coefficient (Wildman–Crippen LogP) is 5.89. The van der Waals surface area contributed by atoms with Crippen LogP contribution < -0.4 is 0 Å². The molecule has 0 aliphatic carbocycles. The van der Waals surface area contributed by atoms with Gasteiger partial charge in [0, 0.05) is 18.6 Å². The molecule has 0 radical (unpaired) electrons. The lowest BCUT2D eigenvalue weighted by molar-refractivity contribution is -0.141. The van der Waals surface area contributed by atoms with Crippen molar-refractivity contribution in [3.8, 4) is 0 Å². The number of methoxy groups -OCH3 is 1. The Morgan fingerprint density at radius 3 is 2.07 bits per heavy atom. The lowest BCUT2D eigenvalue weighted by Gasteiger charge is -2.35. The van der Waals surface area contributed by atoms with E-state index in [0.717, 1.165) is 12.1 Å². The minimum atomic E-state index is -0.212. The number of ether oxygens (including phenoxy) is 1. The highest BCUT2D eigenvalue weighted by Crippen LogP contribution is 2.27. The van der Waals surface area contributed by atoms with Crippen LogP contribution in [0.1, 0.15) is 36.1 Å². The molecule has 154 valence electrons. The standard InChI is InChI=1S/C27H29NO2/c1-22(25-16-10-5-11-17-25)28(21-24-14-8-4-9-15-24)26(20-27(29)30-2)19-18-23-12-6-3-7-13-23/h3-19,22,26H,20-21H2,1-2H3/b19-18+/t22-,26-/m0/s1. The summed E-state index contributed by atoms with van der Waals surface area (Å²) in [5.41, 5.74) is 3.54. The Balaban J connectivity index is 1.95. The second-order valence-corrected chi connectivity index (χ2v) is 7.36. The minimum Gasteiger partial charge on any atom is -0.469 e. The van der Waals surface area contributed by atoms with Crippen molar-refractivity contribution in [3.05, 3.63) is 114 Å². The number of rotatable bonds is 9. The van der Waals surface area contributed by atoms with Crippen LogP contribution >= 0.6 is 0 Å². The summed E-state index contributed by atoms with van der Waals surface area (Å²) >= 11 is 0. The van der Waals surface area contributed by atoms with Gasteiger partial charge in [0.2, 0.25) is 0 Å². The van der Waals surface area contributed by atoms with Crippen LogP contribution in [0.5, 0.6) is 0 Å². The first-order chi connectivity index (χ1) is 14.7. The van der Waals surface area contributed by atoms with Crippen LogP contribution in [0.25, 0.3) is 6.08 Å². The van der Waals surface area contributed by atoms with E-state index in [1.807, 2.05) is 30.3 Å². The van der Waals surface area contributed by atoms with Gasteiger partial charge >= 0.3 is 5.97 Å². The third-order valence-corrected chi connectivity index (χ3v) is 5.33. The fourth-order valence-electron chi connectivity index (χ4n) is 3.59. The molecule has 0 bridgehead atoms. The van der Waals surface area contributed by atoms with Crippen molar-refractivity contribution in [1.82, 2.24) is 4.90 Å². The lowest BCUT2D eigenvalue weighted by atomic mass is 10.0. The molecule has 0 amide bonds. The second kappa shape index (κ2) is 11.1. The summed E-state index contributed by atoms with van der Waals surface area (Å²) in [6.07, 6.45) is 4.50. The monoisotopic (exact) mass is 399 g/mol. The molecular weight excluding hydrogens is 370 g/mol. The van der Waals surface area contributed by atoms with Crippen molar-refractivity contribution < 1.29 is 9.53 Å². The number of carbonyl (C=O) groups excluding carboxylic acids is 1. The van der Waals surface area contributed by atoms with Gasteiger partial charge in [0.05, 0.1) is 13.5 Å². The molecule has 0 aliphatic heterocycles. The first-order valence-corrected chi connectivity index (χ1v) is 10.3. The molecule has 3 aromatic carbocycles. The molecule has 0 aliphatic rings. The summed E-state index contributed by atoms with van der Waals surface area (Å²) in [7, 11) is 1.45. The quantitative estimate of drug-likeness (QED) is 0.420. The van der Waals surface area contributed by atoms with E-state index < -0.39 is 0 Å². The van der Waals surface area contributed by atoms with E-state index in [2.05, 4.69) is 84.6 Å². The highest BCUT2D eigenvalue weighted by molar-refractivity contribution is 5.70. The number of carbonyl (C=O) groups is 1. The van der Waals surface area contributed by atoms with Gasteiger partial charge in [-0.05, 0) is 23.6 Å². The van der Waals surface area contributed by atoms with E-state index in [9.17, 15) is 4.79 Å². The fourth-order valence-corrected chi connectivity index (χ4v) is 3.59. The number of nitrogens with zero attached hydrogens (tertiary/aromatic N) is 1. The number of benzene rings is 3. The van der Waals surface area contributed by atoms with Crippen molar-refractivity contribution in [3.63, 3.8) is 0 Å². The highest BCUT2D eigenvalue weighted by Gasteiger charge is 2.25. The molecule has 30 heavy (non-hydrogen) atoms. The van der Waals surface area contributed by atoms with Gasteiger partial charge in [-0.15, -0.1) is 0 Å². The van der Waals surface area contributed by atoms with Gasteiger partial charge in [0.25, 0.3) is 0 Å². The second-order valence-electron chi connectivity index (χ2n) is 7.36. The maximum atomic E-state index is 12.3. The van der Waals surface area contributed by atoms with E-state index in [-0.39, 0.29) is 18.1 Å². The van der Waals surface area contributed by atoms with Crippen LogP contribution in [-0.4, -0.2) is 24.0 Å². The van der Waals surface area contributed by atoms with Gasteiger partial charge in [0.15, 0.2) is 0 Å². The largest absolute Gasteiger partial charge is 0.469 e. The summed E-state index contributed by atoms with van der Waals surface area (Å²) in [5.74, 6) is -0.212. The average Bonchev–Trinajstić information content (AvgIpc) is 2.81. The van der Waals surface area contributed by atoms with Crippen molar-refractivity contribution in [2.45, 2.75) is 32.0 Å². The number of hydrogen-bond donors (Lipinski definition) is 0. The van der Waals surface area contributed by atoms with Crippen LogP contribution in [0, 0.1) is 0 Å². The molecule has 0 N–H and O–H groups in total. The van der Waals surface area contributed by atoms with E-state index >= 15 is 0 Å². The zero-order chi connectivity index (χ0) is 21.2. The van der Waals surface area contributed by atoms with Gasteiger partial charge in [-0.3, -0.25) is 9.69 Å². The molecule has 0 spiro atoms. The first kappa shape index (κ1) is 21.5. The van der Waals surface area contributed by atoms with Crippen LogP contribution in [0.2, 0.25) is 0 Å². The zero-order valence-corrected chi connectivity index (χ0v) is 17.6. The van der Waals surface area contributed by atoms with E-state index in [1.165, 1.54) is 18.2 Å². The fraction of sp³-hybridized carbons (Fsp3) is 0.222. The van der Waals surface area contributed by atoms with Crippen molar-refractivity contribution >= 4 is 12.0 Å². The molecule has 3 aromatic rings. The molecule has 0 saturated carbocycles. The molecular formula is C27H29NO2. The molecule has 0 unspecified atom stereocenters. The highest BCUT2D eigenvalue weighted by atomic mass is 16.5. The third kappa shape index (κ3) is 6.16. The Morgan fingerprint density at radius 1 is 0.900 bits per heavy atom. The number of esters is 1. The van der Waals surface area contributed by atoms with Crippen molar-refractivity contribution in [2.24, 2.45) is 0 Å². The molecule has 0 fully saturated rings. The van der Waals surface area contributed by atoms with Crippen LogP contribution in [0.3, 0.4) is 0 Å². The SMILES string of the molecule is COC(=O)C[C@H](/C=C/c1ccccc1)N(Cc1ccccc1)[C@@H](C)c1ccccc1. The molecule has 0 saturated heterocycles. The van der Waals surface area contributed by atoms with Crippen LogP contribution in [0.15, 0.2) is 97.1 Å². The van der Waals surface area contributed by atoms with E-state index in [1.54, 1.807) is 0 Å². The average molecular weight is 400 g/mol. The molecule has 3 heteroatoms. The van der Waals surface area contributed by atoms with Crippen molar-refractivity contribution in [2.75, 3.05) is 7.11 Å². The molecule has 3 rings (SSSR count). The Morgan fingerprint density at radius 2 is 1.47 bits per heavy atom. The summed E-state index contributed by atoms with van der Waals surface area (Å²) in [6.45, 7) is 2.93. The topological polar surface area (TPSA) is 29.5 Å². The van der Waals surface area contributed by atoms with E-state index in [4.69, 9.17) is 4.74 Å². The maximum Gasteiger partial charge on any atom is 0.307 e. The maximum absolute atomic E-state index is 12.3. The van der Waals surface area contributed by atoms with Gasteiger partial charge < -0.3 is 4.74 Å². The number of hydrogen-bond acceptors (Lipinski definition) is 3. The molecule has 0 aromatic heterocycles. The van der Waals surface area contributed by atoms with Crippen LogP contribution in [-0.2, 0) is 16.1 Å². The Bertz CT molecular complexity index is 923.